The molecule has 104 valence electrons. The first kappa shape index (κ1) is 17.5. The topological polar surface area (TPSA) is 0 Å². The Morgan fingerprint density at radius 3 is 1.32 bits per heavy atom. The zero-order chi connectivity index (χ0) is 12.2. The van der Waals surface area contributed by atoms with Crippen LogP contribution in [0.25, 0.3) is 0 Å². The number of allylic oxidation sites excluding steroid dienone is 8. The second-order valence-electron chi connectivity index (χ2n) is 6.24. The van der Waals surface area contributed by atoms with Crippen LogP contribution in [0.1, 0.15) is 40.5 Å². The fraction of sp³-hybridized carbons (Fsp3) is 0.500. The molecule has 0 aromatic heterocycles. The molecular weight excluding hydrogens is 354 g/mol. The minimum absolute atomic E-state index is 0. The number of hydrogen-bond donors (Lipinski definition) is 0. The third kappa shape index (κ3) is 2.90. The average molecular weight is 376 g/mol. The Labute approximate surface area is 134 Å². The van der Waals surface area contributed by atoms with E-state index in [2.05, 4.69) is 39.8 Å². The molecule has 0 bridgehead atoms. The Morgan fingerprint density at radius 2 is 1.11 bits per heavy atom. The van der Waals surface area contributed by atoms with Crippen molar-refractivity contribution in [3.8, 4) is 0 Å². The Morgan fingerprint density at radius 1 is 0.737 bits per heavy atom. The molecule has 1 fully saturated rings. The van der Waals surface area contributed by atoms with Crippen molar-refractivity contribution in [2.24, 2.45) is 0 Å². The van der Waals surface area contributed by atoms with Gasteiger partial charge in [-0.25, -0.2) is 0 Å². The number of hydrogen-bond acceptors (Lipinski definition) is 0. The van der Waals surface area contributed by atoms with Crippen molar-refractivity contribution >= 4 is 0 Å². The van der Waals surface area contributed by atoms with E-state index in [1.54, 1.807) is 30.5 Å². The molecule has 1 heterocycles. The van der Waals surface area contributed by atoms with Gasteiger partial charge in [-0.3, -0.25) is 0 Å². The van der Waals surface area contributed by atoms with Crippen LogP contribution in [0, 0.1) is 0 Å². The van der Waals surface area contributed by atoms with Crippen molar-refractivity contribution in [2.45, 2.75) is 48.8 Å². The third-order valence-electron chi connectivity index (χ3n) is 4.69. The van der Waals surface area contributed by atoms with Gasteiger partial charge in [-0.1, -0.05) is 0 Å². The molecule has 0 aromatic rings. The molecule has 0 N–H and O–H groups in total. The summed E-state index contributed by atoms with van der Waals surface area (Å²) in [7, 11) is 0. The second-order valence-corrected chi connectivity index (χ2v) is 17.0. The van der Waals surface area contributed by atoms with Crippen LogP contribution >= 0.6 is 0 Å². The quantitative estimate of drug-likeness (QED) is 0.595. The molecule has 0 saturated carbocycles. The molecule has 1 saturated heterocycles. The fourth-order valence-corrected chi connectivity index (χ4v) is 19.1. The van der Waals surface area contributed by atoms with E-state index >= 15 is 0 Å². The summed E-state index contributed by atoms with van der Waals surface area (Å²) in [6.07, 6.45) is 7.52. The van der Waals surface area contributed by atoms with Crippen molar-refractivity contribution in [1.82, 2.24) is 0 Å². The summed E-state index contributed by atoms with van der Waals surface area (Å²) < 4.78 is 7.07. The Bertz CT molecular complexity index is 473. The van der Waals surface area contributed by atoms with Gasteiger partial charge in [0.25, 0.3) is 0 Å². The summed E-state index contributed by atoms with van der Waals surface area (Å²) in [5.41, 5.74) is 6.48. The van der Waals surface area contributed by atoms with Crippen LogP contribution < -0.4 is 24.8 Å². The largest absolute Gasteiger partial charge is 1.00 e. The van der Waals surface area contributed by atoms with Gasteiger partial charge in [0.05, 0.1) is 0 Å². The molecule has 0 spiro atoms. The molecule has 0 unspecified atom stereocenters. The van der Waals surface area contributed by atoms with Crippen molar-refractivity contribution in [3.63, 3.8) is 0 Å². The molecule has 3 rings (SSSR count). The molecule has 0 atom stereocenters. The van der Waals surface area contributed by atoms with E-state index in [9.17, 15) is 0 Å². The molecule has 0 nitrogen and oxygen atoms in total. The van der Waals surface area contributed by atoms with Crippen molar-refractivity contribution in [1.29, 1.82) is 0 Å². The van der Waals surface area contributed by atoms with Crippen LogP contribution in [-0.4, -0.2) is 0 Å². The maximum Gasteiger partial charge on any atom is -1.00 e. The zero-order valence-corrected chi connectivity index (χ0v) is 16.2. The second kappa shape index (κ2) is 6.04. The first-order chi connectivity index (χ1) is 8.03. The smallest absolute Gasteiger partial charge is 1.00 e. The summed E-state index contributed by atoms with van der Waals surface area (Å²) >= 11 is -1.97. The van der Waals surface area contributed by atoms with Crippen LogP contribution in [0.3, 0.4) is 0 Å². The minimum Gasteiger partial charge on any atom is -1.00 e. The van der Waals surface area contributed by atoms with Gasteiger partial charge in [0, 0.05) is 0 Å². The fourth-order valence-electron chi connectivity index (χ4n) is 3.86. The SMILES string of the molecule is CC1=CC(C)=[C]([Zr+2]2([C]3=C(C)C=C(C)C3)[CH2][CH2]2)C1.[Cl-].[Cl-]. The molecule has 19 heavy (non-hydrogen) atoms. The van der Waals surface area contributed by atoms with Gasteiger partial charge in [0.15, 0.2) is 0 Å². The summed E-state index contributed by atoms with van der Waals surface area (Å²) in [6.45, 7) is 9.32. The van der Waals surface area contributed by atoms with Crippen LogP contribution in [0.5, 0.6) is 0 Å². The molecule has 0 radical (unpaired) electrons. The van der Waals surface area contributed by atoms with Gasteiger partial charge in [0.2, 0.25) is 0 Å². The van der Waals surface area contributed by atoms with Gasteiger partial charge >= 0.3 is 110 Å². The van der Waals surface area contributed by atoms with Crippen LogP contribution in [0.2, 0.25) is 8.26 Å². The van der Waals surface area contributed by atoms with E-state index in [0.717, 1.165) is 0 Å². The number of halogens is 2. The van der Waals surface area contributed by atoms with E-state index in [1.807, 2.05) is 6.56 Å². The zero-order valence-electron chi connectivity index (χ0n) is 12.2. The minimum atomic E-state index is -1.97. The van der Waals surface area contributed by atoms with Crippen LogP contribution in [-0.2, 0) is 20.3 Å². The normalized spacial score (nSPS) is 22.1. The van der Waals surface area contributed by atoms with Crippen LogP contribution in [0.15, 0.2) is 41.0 Å². The Hall–Kier alpha value is 0.423. The van der Waals surface area contributed by atoms with Crippen LogP contribution in [0.4, 0.5) is 0 Å². The van der Waals surface area contributed by atoms with Gasteiger partial charge < -0.3 is 24.8 Å². The Kier molecular flexibility index (Phi) is 5.56. The first-order valence-corrected chi connectivity index (χ1v) is 12.7. The number of rotatable bonds is 2. The van der Waals surface area contributed by atoms with E-state index in [1.165, 1.54) is 12.8 Å². The maximum absolute atomic E-state index is 2.44. The molecule has 3 heteroatoms. The molecule has 2 aliphatic carbocycles. The predicted molar refractivity (Wildman–Crippen MR) is 71.8 cm³/mol. The van der Waals surface area contributed by atoms with Gasteiger partial charge in [-0.15, -0.1) is 0 Å². The average Bonchev–Trinajstić information content (AvgIpc) is 2.86. The predicted octanol–water partition coefficient (Wildman–Crippen LogP) is -0.753. The first-order valence-electron chi connectivity index (χ1n) is 6.78. The molecular formula is C16H22Cl2Zr. The molecule has 1 aliphatic heterocycles. The monoisotopic (exact) mass is 374 g/mol. The summed E-state index contributed by atoms with van der Waals surface area (Å²) in [4.78, 5) is 0. The van der Waals surface area contributed by atoms with E-state index in [0.29, 0.717) is 0 Å². The van der Waals surface area contributed by atoms with E-state index < -0.39 is 20.3 Å². The van der Waals surface area contributed by atoms with E-state index in [-0.39, 0.29) is 24.8 Å². The Balaban J connectivity index is 0.000000902. The third-order valence-corrected chi connectivity index (χ3v) is 16.9. The van der Waals surface area contributed by atoms with Crippen molar-refractivity contribution in [3.05, 3.63) is 41.0 Å². The van der Waals surface area contributed by atoms with Gasteiger partial charge in [-0.2, -0.15) is 0 Å². The standard InChI is InChI=1S/2C7H9.C2H4.2ClH.Zr/c2*1-6-3-4-7(2)5-6;1-2;;;/h2*5H,3H2,1-2H3;1-2H2;2*1H;/q;;;;;+2/p-2. The molecule has 0 amide bonds. The van der Waals surface area contributed by atoms with E-state index in [4.69, 9.17) is 0 Å². The molecule has 3 aliphatic rings. The summed E-state index contributed by atoms with van der Waals surface area (Å²) in [5.74, 6) is 0. The van der Waals surface area contributed by atoms with Gasteiger partial charge in [0.1, 0.15) is 0 Å². The van der Waals surface area contributed by atoms with Crippen molar-refractivity contribution in [2.75, 3.05) is 0 Å². The maximum atomic E-state index is 2.44. The molecule has 0 aromatic carbocycles. The summed E-state index contributed by atoms with van der Waals surface area (Å²) in [5, 5.41) is 0. The van der Waals surface area contributed by atoms with Gasteiger partial charge in [-0.05, 0) is 0 Å². The van der Waals surface area contributed by atoms with Crippen molar-refractivity contribution < 1.29 is 45.1 Å². The summed E-state index contributed by atoms with van der Waals surface area (Å²) in [6, 6.07) is 0.